The summed E-state index contributed by atoms with van der Waals surface area (Å²) >= 11 is 0. The Morgan fingerprint density at radius 1 is 1.04 bits per heavy atom. The normalized spacial score (nSPS) is 37.7. The Hall–Kier alpha value is -1.10. The Bertz CT molecular complexity index is 504. The summed E-state index contributed by atoms with van der Waals surface area (Å²) in [4.78, 5) is 28.6. The lowest BCUT2D eigenvalue weighted by molar-refractivity contribution is -0.159. The predicted molar refractivity (Wildman–Crippen MR) is 95.1 cm³/mol. The number of nitrogens with zero attached hydrogens (tertiary/aromatic N) is 2. The molecule has 5 heteroatoms. The Morgan fingerprint density at radius 2 is 1.56 bits per heavy atom. The van der Waals surface area contributed by atoms with Crippen LogP contribution in [0.25, 0.3) is 0 Å². The fourth-order valence-electron chi connectivity index (χ4n) is 6.81. The van der Waals surface area contributed by atoms with Crippen LogP contribution in [0, 0.1) is 23.2 Å². The number of carbonyl (C=O) groups excluding carboxylic acids is 1. The van der Waals surface area contributed by atoms with Crippen LogP contribution >= 0.6 is 0 Å². The van der Waals surface area contributed by atoms with Crippen LogP contribution in [0.15, 0.2) is 0 Å². The largest absolute Gasteiger partial charge is 0.480 e. The van der Waals surface area contributed by atoms with E-state index < -0.39 is 5.97 Å². The zero-order valence-corrected chi connectivity index (χ0v) is 15.5. The molecule has 0 spiro atoms. The molecule has 4 saturated carbocycles. The van der Waals surface area contributed by atoms with Gasteiger partial charge in [0.1, 0.15) is 0 Å². The molecule has 25 heavy (non-hydrogen) atoms. The first-order chi connectivity index (χ1) is 12.0. The molecule has 0 aromatic rings. The van der Waals surface area contributed by atoms with Crippen molar-refractivity contribution in [3.63, 3.8) is 0 Å². The van der Waals surface area contributed by atoms with Crippen LogP contribution in [0.3, 0.4) is 0 Å². The van der Waals surface area contributed by atoms with E-state index in [-0.39, 0.29) is 12.0 Å². The summed E-state index contributed by atoms with van der Waals surface area (Å²) in [6.07, 6.45) is 9.35. The van der Waals surface area contributed by atoms with E-state index in [9.17, 15) is 9.59 Å². The van der Waals surface area contributed by atoms with E-state index >= 15 is 0 Å². The Labute approximate surface area is 150 Å². The van der Waals surface area contributed by atoms with Gasteiger partial charge in [-0.3, -0.25) is 14.5 Å². The number of carboxylic acids is 1. The van der Waals surface area contributed by atoms with Crippen molar-refractivity contribution in [2.75, 3.05) is 26.2 Å². The van der Waals surface area contributed by atoms with Crippen LogP contribution in [0.1, 0.15) is 58.3 Å². The highest BCUT2D eigenvalue weighted by Gasteiger charge is 2.55. The lowest BCUT2D eigenvalue weighted by Crippen LogP contribution is -2.57. The summed E-state index contributed by atoms with van der Waals surface area (Å²) in [5, 5.41) is 9.08. The highest BCUT2D eigenvalue weighted by Crippen LogP contribution is 2.60. The number of likely N-dealkylation sites (N-methyl/N-ethyl adjacent to an activating group) is 1. The van der Waals surface area contributed by atoms with Gasteiger partial charge in [-0.1, -0.05) is 6.92 Å². The second kappa shape index (κ2) is 6.57. The van der Waals surface area contributed by atoms with Crippen molar-refractivity contribution in [2.24, 2.45) is 23.2 Å². The average Bonchev–Trinajstić information content (AvgIpc) is 2.58. The van der Waals surface area contributed by atoms with Crippen LogP contribution in [0.2, 0.25) is 0 Å². The van der Waals surface area contributed by atoms with Crippen LogP contribution in [0.5, 0.6) is 0 Å². The number of aliphatic carboxylic acids is 1. The first-order valence-corrected chi connectivity index (χ1v) is 10.2. The van der Waals surface area contributed by atoms with Gasteiger partial charge in [0.25, 0.3) is 0 Å². The van der Waals surface area contributed by atoms with E-state index in [1.54, 1.807) is 0 Å². The van der Waals surface area contributed by atoms with Crippen molar-refractivity contribution in [3.05, 3.63) is 0 Å². The number of carbonyl (C=O) groups is 2. The molecule has 5 aliphatic rings. The van der Waals surface area contributed by atoms with Gasteiger partial charge in [0.15, 0.2) is 0 Å². The van der Waals surface area contributed by atoms with Gasteiger partial charge >= 0.3 is 5.97 Å². The third kappa shape index (κ3) is 3.20. The summed E-state index contributed by atoms with van der Waals surface area (Å²) in [6.45, 7) is 4.52. The van der Waals surface area contributed by atoms with Gasteiger partial charge in [0.2, 0.25) is 5.91 Å². The highest BCUT2D eigenvalue weighted by atomic mass is 16.4. The minimum Gasteiger partial charge on any atom is -0.480 e. The molecule has 1 heterocycles. The molecule has 0 unspecified atom stereocenters. The molecule has 140 valence electrons. The molecule has 5 nitrogen and oxygen atoms in total. The van der Waals surface area contributed by atoms with E-state index in [2.05, 4.69) is 9.80 Å². The quantitative estimate of drug-likeness (QED) is 0.830. The molecule has 1 N–H and O–H groups in total. The predicted octanol–water partition coefficient (Wildman–Crippen LogP) is 2.60. The molecular weight excluding hydrogens is 316 g/mol. The van der Waals surface area contributed by atoms with Gasteiger partial charge in [-0.2, -0.15) is 0 Å². The number of carboxylic acid groups (broad SMARTS) is 1. The molecule has 1 saturated heterocycles. The molecule has 4 bridgehead atoms. The highest BCUT2D eigenvalue weighted by molar-refractivity contribution is 5.83. The smallest absolute Gasteiger partial charge is 0.317 e. The number of amides is 1. The van der Waals surface area contributed by atoms with Gasteiger partial charge in [-0.15, -0.1) is 0 Å². The van der Waals surface area contributed by atoms with E-state index in [0.717, 1.165) is 69.5 Å². The van der Waals surface area contributed by atoms with E-state index in [1.165, 1.54) is 19.3 Å². The summed E-state index contributed by atoms with van der Waals surface area (Å²) < 4.78 is 0. The van der Waals surface area contributed by atoms with E-state index in [0.29, 0.717) is 11.9 Å². The first kappa shape index (κ1) is 17.3. The average molecular weight is 348 g/mol. The molecule has 5 rings (SSSR count). The lowest BCUT2D eigenvalue weighted by atomic mass is 9.49. The summed E-state index contributed by atoms with van der Waals surface area (Å²) in [5.41, 5.74) is -0.0346. The standard InChI is InChI=1S/C20H32N2O3/c1-2-21(13-18(23)24)17-3-5-22(6-4-17)19(25)20-10-14-7-15(11-20)9-16(8-14)12-20/h14-17H,2-13H2,1H3,(H,23,24). The molecule has 0 aromatic heterocycles. The zero-order valence-electron chi connectivity index (χ0n) is 15.5. The van der Waals surface area contributed by atoms with Crippen LogP contribution < -0.4 is 0 Å². The van der Waals surface area contributed by atoms with Gasteiger partial charge in [0, 0.05) is 19.1 Å². The monoisotopic (exact) mass is 348 g/mol. The Morgan fingerprint density at radius 3 is 2.00 bits per heavy atom. The summed E-state index contributed by atoms with van der Waals surface area (Å²) in [6, 6.07) is 0.307. The van der Waals surface area contributed by atoms with Gasteiger partial charge in [-0.05, 0) is 75.7 Å². The third-order valence-corrected chi connectivity index (χ3v) is 7.50. The third-order valence-electron chi connectivity index (χ3n) is 7.50. The zero-order chi connectivity index (χ0) is 17.6. The molecule has 4 aliphatic carbocycles. The fourth-order valence-corrected chi connectivity index (χ4v) is 6.81. The maximum absolute atomic E-state index is 13.4. The van der Waals surface area contributed by atoms with Crippen molar-refractivity contribution in [1.29, 1.82) is 0 Å². The van der Waals surface area contributed by atoms with Crippen LogP contribution in [-0.4, -0.2) is 59.0 Å². The van der Waals surface area contributed by atoms with E-state index in [1.807, 2.05) is 6.92 Å². The Balaban J connectivity index is 1.38. The first-order valence-electron chi connectivity index (χ1n) is 10.2. The maximum atomic E-state index is 13.4. The number of hydrogen-bond acceptors (Lipinski definition) is 3. The minimum atomic E-state index is -0.756. The van der Waals surface area contributed by atoms with Gasteiger partial charge in [-0.25, -0.2) is 0 Å². The fraction of sp³-hybridized carbons (Fsp3) is 0.900. The van der Waals surface area contributed by atoms with Gasteiger partial charge < -0.3 is 10.0 Å². The van der Waals surface area contributed by atoms with Gasteiger partial charge in [0.05, 0.1) is 12.0 Å². The van der Waals surface area contributed by atoms with Crippen molar-refractivity contribution >= 4 is 11.9 Å². The summed E-state index contributed by atoms with van der Waals surface area (Å²) in [7, 11) is 0. The molecular formula is C20H32N2O3. The summed E-state index contributed by atoms with van der Waals surface area (Å²) in [5.74, 6) is 2.09. The molecule has 0 aromatic carbocycles. The van der Waals surface area contributed by atoms with Crippen LogP contribution in [-0.2, 0) is 9.59 Å². The van der Waals surface area contributed by atoms with Crippen molar-refractivity contribution < 1.29 is 14.7 Å². The van der Waals surface area contributed by atoms with Crippen molar-refractivity contribution in [2.45, 2.75) is 64.3 Å². The molecule has 1 amide bonds. The van der Waals surface area contributed by atoms with E-state index in [4.69, 9.17) is 5.11 Å². The topological polar surface area (TPSA) is 60.9 Å². The van der Waals surface area contributed by atoms with Crippen molar-refractivity contribution in [3.8, 4) is 0 Å². The lowest BCUT2D eigenvalue weighted by Gasteiger charge is -2.57. The molecule has 1 aliphatic heterocycles. The number of rotatable bonds is 5. The maximum Gasteiger partial charge on any atom is 0.317 e. The SMILES string of the molecule is CCN(CC(=O)O)C1CCN(C(=O)C23CC4CC(CC(C4)C2)C3)CC1. The number of hydrogen-bond donors (Lipinski definition) is 1. The molecule has 0 atom stereocenters. The molecule has 5 fully saturated rings. The second-order valence-electron chi connectivity index (χ2n) is 9.18. The number of likely N-dealkylation sites (tertiary alicyclic amines) is 1. The van der Waals surface area contributed by atoms with Crippen LogP contribution in [0.4, 0.5) is 0 Å². The minimum absolute atomic E-state index is 0.0346. The molecule has 0 radical (unpaired) electrons. The number of piperidine rings is 1. The second-order valence-corrected chi connectivity index (χ2v) is 9.18. The Kier molecular flexibility index (Phi) is 4.55. The van der Waals surface area contributed by atoms with Crippen molar-refractivity contribution in [1.82, 2.24) is 9.80 Å².